The second-order valence-electron chi connectivity index (χ2n) is 5.21. The Labute approximate surface area is 118 Å². The molecular weight excluding hydrogens is 248 g/mol. The maximum absolute atomic E-state index is 5.85. The molecule has 3 aromatic rings. The van der Waals surface area contributed by atoms with Crippen molar-refractivity contribution in [3.05, 3.63) is 58.9 Å². The number of fused-ring (bicyclic) bond motifs is 1. The maximum atomic E-state index is 5.85. The molecule has 1 aromatic heterocycles. The zero-order valence-corrected chi connectivity index (χ0v) is 12.0. The lowest BCUT2D eigenvalue weighted by Crippen LogP contribution is -1.99. The van der Waals surface area contributed by atoms with Crippen LogP contribution in [0.25, 0.3) is 11.0 Å². The van der Waals surface area contributed by atoms with E-state index in [1.807, 2.05) is 18.2 Å². The quantitative estimate of drug-likeness (QED) is 0.776. The molecule has 0 bridgehead atoms. The molecule has 0 unspecified atom stereocenters. The van der Waals surface area contributed by atoms with Gasteiger partial charge in [0.05, 0.1) is 11.0 Å². The third kappa shape index (κ3) is 2.39. The van der Waals surface area contributed by atoms with Crippen LogP contribution in [0.3, 0.4) is 0 Å². The predicted octanol–water partition coefficient (Wildman–Crippen LogP) is 4.07. The van der Waals surface area contributed by atoms with Gasteiger partial charge in [-0.3, -0.25) is 0 Å². The average molecular weight is 266 g/mol. The SMILES string of the molecule is Cc1ccc(OCc2nc3c(C)cccc3[nH]2)c(C)c1. The van der Waals surface area contributed by atoms with Crippen molar-refractivity contribution in [1.29, 1.82) is 0 Å². The summed E-state index contributed by atoms with van der Waals surface area (Å²) >= 11 is 0. The number of aromatic nitrogens is 2. The molecule has 0 atom stereocenters. The zero-order valence-electron chi connectivity index (χ0n) is 12.0. The monoisotopic (exact) mass is 266 g/mol. The first-order valence-electron chi connectivity index (χ1n) is 6.78. The lowest BCUT2D eigenvalue weighted by atomic mass is 10.1. The Morgan fingerprint density at radius 3 is 2.65 bits per heavy atom. The number of benzene rings is 2. The van der Waals surface area contributed by atoms with Gasteiger partial charge < -0.3 is 9.72 Å². The Hall–Kier alpha value is -2.29. The van der Waals surface area contributed by atoms with Gasteiger partial charge in [0.25, 0.3) is 0 Å². The molecule has 1 N–H and O–H groups in total. The number of hydrogen-bond acceptors (Lipinski definition) is 2. The van der Waals surface area contributed by atoms with Gasteiger partial charge in [0.2, 0.25) is 0 Å². The summed E-state index contributed by atoms with van der Waals surface area (Å²) in [5.41, 5.74) is 5.65. The molecule has 0 saturated carbocycles. The van der Waals surface area contributed by atoms with Gasteiger partial charge in [-0.05, 0) is 44.0 Å². The van der Waals surface area contributed by atoms with E-state index in [-0.39, 0.29) is 0 Å². The van der Waals surface area contributed by atoms with Crippen LogP contribution in [0, 0.1) is 20.8 Å². The number of hydrogen-bond donors (Lipinski definition) is 1. The number of H-pyrrole nitrogens is 1. The van der Waals surface area contributed by atoms with Crippen molar-refractivity contribution in [2.24, 2.45) is 0 Å². The second kappa shape index (κ2) is 5.00. The number of nitrogens with one attached hydrogen (secondary N) is 1. The minimum Gasteiger partial charge on any atom is -0.485 e. The number of imidazole rings is 1. The van der Waals surface area contributed by atoms with Crippen LogP contribution in [0.1, 0.15) is 22.5 Å². The fourth-order valence-electron chi connectivity index (χ4n) is 2.40. The Bertz CT molecular complexity index is 759. The molecule has 0 aliphatic rings. The normalized spacial score (nSPS) is 10.9. The fraction of sp³-hybridized carbons (Fsp3) is 0.235. The Morgan fingerprint density at radius 1 is 1.05 bits per heavy atom. The van der Waals surface area contributed by atoms with Gasteiger partial charge in [-0.25, -0.2) is 4.98 Å². The summed E-state index contributed by atoms with van der Waals surface area (Å²) < 4.78 is 5.85. The van der Waals surface area contributed by atoms with Crippen molar-refractivity contribution in [2.45, 2.75) is 27.4 Å². The summed E-state index contributed by atoms with van der Waals surface area (Å²) in [6.07, 6.45) is 0. The van der Waals surface area contributed by atoms with E-state index < -0.39 is 0 Å². The molecule has 1 heterocycles. The molecule has 0 spiro atoms. The predicted molar refractivity (Wildman–Crippen MR) is 81.1 cm³/mol. The molecule has 2 aromatic carbocycles. The Kier molecular flexibility index (Phi) is 3.18. The van der Waals surface area contributed by atoms with Crippen molar-refractivity contribution >= 4 is 11.0 Å². The number of rotatable bonds is 3. The molecule has 3 nitrogen and oxygen atoms in total. The van der Waals surface area contributed by atoms with Crippen molar-refractivity contribution in [3.63, 3.8) is 0 Å². The van der Waals surface area contributed by atoms with Gasteiger partial charge in [0, 0.05) is 0 Å². The van der Waals surface area contributed by atoms with E-state index in [0.29, 0.717) is 6.61 Å². The van der Waals surface area contributed by atoms with Crippen LogP contribution in [0.5, 0.6) is 5.75 Å². The van der Waals surface area contributed by atoms with E-state index in [0.717, 1.165) is 28.2 Å². The zero-order chi connectivity index (χ0) is 14.1. The maximum Gasteiger partial charge on any atom is 0.146 e. The van der Waals surface area contributed by atoms with E-state index in [2.05, 4.69) is 48.9 Å². The summed E-state index contributed by atoms with van der Waals surface area (Å²) in [6.45, 7) is 6.67. The fourth-order valence-corrected chi connectivity index (χ4v) is 2.40. The molecule has 3 heteroatoms. The Balaban J connectivity index is 1.81. The number of aromatic amines is 1. The van der Waals surface area contributed by atoms with Gasteiger partial charge in [-0.1, -0.05) is 29.8 Å². The highest BCUT2D eigenvalue weighted by Gasteiger charge is 2.06. The second-order valence-corrected chi connectivity index (χ2v) is 5.21. The van der Waals surface area contributed by atoms with Crippen LogP contribution in [-0.2, 0) is 6.61 Å². The molecule has 0 amide bonds. The van der Waals surface area contributed by atoms with Gasteiger partial charge in [0.15, 0.2) is 0 Å². The van der Waals surface area contributed by atoms with Crippen molar-refractivity contribution in [2.75, 3.05) is 0 Å². The minimum absolute atomic E-state index is 0.456. The van der Waals surface area contributed by atoms with E-state index in [4.69, 9.17) is 4.74 Å². The molecule has 0 fully saturated rings. The van der Waals surface area contributed by atoms with Crippen LogP contribution in [-0.4, -0.2) is 9.97 Å². The first-order valence-corrected chi connectivity index (χ1v) is 6.78. The number of nitrogens with zero attached hydrogens (tertiary/aromatic N) is 1. The molecule has 20 heavy (non-hydrogen) atoms. The van der Waals surface area contributed by atoms with E-state index in [1.165, 1.54) is 11.1 Å². The van der Waals surface area contributed by atoms with Gasteiger partial charge in [-0.2, -0.15) is 0 Å². The number of para-hydroxylation sites is 1. The van der Waals surface area contributed by atoms with E-state index in [1.54, 1.807) is 0 Å². The summed E-state index contributed by atoms with van der Waals surface area (Å²) in [5.74, 6) is 1.77. The lowest BCUT2D eigenvalue weighted by molar-refractivity contribution is 0.295. The third-order valence-corrected chi connectivity index (χ3v) is 3.46. The molecule has 0 aliphatic heterocycles. The van der Waals surface area contributed by atoms with Crippen LogP contribution in [0.2, 0.25) is 0 Å². The Morgan fingerprint density at radius 2 is 1.90 bits per heavy atom. The van der Waals surface area contributed by atoms with Crippen LogP contribution >= 0.6 is 0 Å². The summed E-state index contributed by atoms with van der Waals surface area (Å²) in [6, 6.07) is 12.3. The topological polar surface area (TPSA) is 37.9 Å². The van der Waals surface area contributed by atoms with Gasteiger partial charge in [-0.15, -0.1) is 0 Å². The van der Waals surface area contributed by atoms with Crippen molar-refractivity contribution < 1.29 is 4.74 Å². The largest absolute Gasteiger partial charge is 0.485 e. The van der Waals surface area contributed by atoms with Crippen LogP contribution in [0.4, 0.5) is 0 Å². The molecule has 3 rings (SSSR count). The van der Waals surface area contributed by atoms with Crippen molar-refractivity contribution in [3.8, 4) is 5.75 Å². The third-order valence-electron chi connectivity index (χ3n) is 3.46. The minimum atomic E-state index is 0.456. The highest BCUT2D eigenvalue weighted by atomic mass is 16.5. The number of aryl methyl sites for hydroxylation is 3. The van der Waals surface area contributed by atoms with E-state index in [9.17, 15) is 0 Å². The highest BCUT2D eigenvalue weighted by molar-refractivity contribution is 5.78. The standard InChI is InChI=1S/C17H18N2O/c1-11-7-8-15(13(3)9-11)20-10-16-18-14-6-4-5-12(2)17(14)19-16/h4-9H,10H2,1-3H3,(H,18,19). The molecule has 0 saturated heterocycles. The molecule has 0 radical (unpaired) electrons. The highest BCUT2D eigenvalue weighted by Crippen LogP contribution is 2.21. The van der Waals surface area contributed by atoms with E-state index >= 15 is 0 Å². The van der Waals surface area contributed by atoms with Crippen molar-refractivity contribution in [1.82, 2.24) is 9.97 Å². The summed E-state index contributed by atoms with van der Waals surface area (Å²) in [7, 11) is 0. The molecule has 0 aliphatic carbocycles. The molecular formula is C17H18N2O. The smallest absolute Gasteiger partial charge is 0.146 e. The van der Waals surface area contributed by atoms with Crippen LogP contribution < -0.4 is 4.74 Å². The first kappa shape index (κ1) is 12.7. The average Bonchev–Trinajstić information content (AvgIpc) is 2.82. The lowest BCUT2D eigenvalue weighted by Gasteiger charge is -2.08. The summed E-state index contributed by atoms with van der Waals surface area (Å²) in [4.78, 5) is 7.90. The van der Waals surface area contributed by atoms with Crippen LogP contribution in [0.15, 0.2) is 36.4 Å². The van der Waals surface area contributed by atoms with Gasteiger partial charge in [0.1, 0.15) is 18.2 Å². The molecule has 102 valence electrons. The summed E-state index contributed by atoms with van der Waals surface area (Å²) in [5, 5.41) is 0. The number of ether oxygens (including phenoxy) is 1. The first-order chi connectivity index (χ1) is 9.63. The van der Waals surface area contributed by atoms with Gasteiger partial charge >= 0.3 is 0 Å².